The van der Waals surface area contributed by atoms with Gasteiger partial charge in [-0.3, -0.25) is 24.0 Å². The molecule has 4 rings (SSSR count). The van der Waals surface area contributed by atoms with E-state index in [9.17, 15) is 28.8 Å². The molecule has 2 heterocycles. The lowest BCUT2D eigenvalue weighted by molar-refractivity contribution is -0.145. The Morgan fingerprint density at radius 2 is 1.73 bits per heavy atom. The number of hydrogen-bond donors (Lipinski definition) is 4. The number of thiazole rings is 1. The monoisotopic (exact) mass is 630 g/mol. The Bertz CT molecular complexity index is 1300. The Morgan fingerprint density at radius 3 is 2.25 bits per heavy atom. The number of fused-ring (bicyclic) bond motifs is 1. The Labute approximate surface area is 262 Å². The third-order valence-electron chi connectivity index (χ3n) is 9.38. The molecule has 1 aromatic heterocycles. The van der Waals surface area contributed by atoms with Gasteiger partial charge < -0.3 is 26.2 Å². The van der Waals surface area contributed by atoms with Crippen molar-refractivity contribution in [3.05, 3.63) is 16.6 Å². The molecule has 1 aliphatic heterocycles. The summed E-state index contributed by atoms with van der Waals surface area (Å²) in [5, 5.41) is 12.7. The van der Waals surface area contributed by atoms with Gasteiger partial charge in [0.1, 0.15) is 12.1 Å². The third kappa shape index (κ3) is 6.97. The van der Waals surface area contributed by atoms with Crippen molar-refractivity contribution in [2.24, 2.45) is 34.5 Å². The molecule has 3 fully saturated rings. The van der Waals surface area contributed by atoms with Gasteiger partial charge in [0.05, 0.1) is 12.1 Å². The smallest absolute Gasteiger partial charge is 0.316 e. The second kappa shape index (κ2) is 12.6. The quantitative estimate of drug-likeness (QED) is 0.203. The average molecular weight is 631 g/mol. The molecule has 6 atom stereocenters. The predicted octanol–water partition coefficient (Wildman–Crippen LogP) is 2.15. The van der Waals surface area contributed by atoms with E-state index in [2.05, 4.69) is 40.1 Å². The Morgan fingerprint density at radius 1 is 1.07 bits per heavy atom. The summed E-state index contributed by atoms with van der Waals surface area (Å²) in [6.45, 7) is 13.5. The van der Waals surface area contributed by atoms with Crippen molar-refractivity contribution in [1.29, 1.82) is 0 Å². The SMILES string of the molecule is CNC(=O)C(=O)C(CC1CC1)NC(=O)[C@@H]1[C@@H]2[C@H](CN1C(=O)[C@@H](NC(=O)N[C@H](C(=O)c1nccs1)C(C)C)C(C)(C)C)C2(C)C. The minimum Gasteiger partial charge on any atom is -0.353 e. The molecule has 0 aromatic carbocycles. The largest absolute Gasteiger partial charge is 0.353 e. The molecule has 0 radical (unpaired) electrons. The molecule has 13 heteroatoms. The number of amides is 5. The van der Waals surface area contributed by atoms with E-state index in [-0.39, 0.29) is 39.9 Å². The molecule has 0 spiro atoms. The number of hydrogen-bond acceptors (Lipinski definition) is 8. The highest BCUT2D eigenvalue weighted by Crippen LogP contribution is 2.65. The average Bonchev–Trinajstić information content (AvgIpc) is 3.64. The van der Waals surface area contributed by atoms with Gasteiger partial charge in [-0.05, 0) is 40.9 Å². The number of likely N-dealkylation sites (tertiary alicyclic amines) is 1. The zero-order valence-electron chi connectivity index (χ0n) is 26.9. The van der Waals surface area contributed by atoms with E-state index in [4.69, 9.17) is 0 Å². The summed E-state index contributed by atoms with van der Waals surface area (Å²) in [5.41, 5.74) is -0.924. The highest BCUT2D eigenvalue weighted by Gasteiger charge is 2.70. The number of nitrogens with one attached hydrogen (secondary N) is 4. The molecule has 0 bridgehead atoms. The van der Waals surface area contributed by atoms with Crippen LogP contribution in [-0.2, 0) is 19.2 Å². The Kier molecular flexibility index (Phi) is 9.58. The topological polar surface area (TPSA) is 167 Å². The van der Waals surface area contributed by atoms with Crippen molar-refractivity contribution in [1.82, 2.24) is 31.2 Å². The second-order valence-electron chi connectivity index (χ2n) is 14.4. The summed E-state index contributed by atoms with van der Waals surface area (Å²) in [5.74, 6) is -2.68. The number of urea groups is 1. The van der Waals surface area contributed by atoms with Crippen LogP contribution in [0.2, 0.25) is 0 Å². The summed E-state index contributed by atoms with van der Waals surface area (Å²) in [7, 11) is 1.37. The van der Waals surface area contributed by atoms with Crippen molar-refractivity contribution in [2.45, 2.75) is 91.9 Å². The molecular weight excluding hydrogens is 584 g/mol. The zero-order chi connectivity index (χ0) is 32.7. The second-order valence-corrected chi connectivity index (χ2v) is 15.3. The van der Waals surface area contributed by atoms with E-state index >= 15 is 0 Å². The van der Waals surface area contributed by atoms with Crippen LogP contribution in [0.3, 0.4) is 0 Å². The first kappa shape index (κ1) is 33.5. The summed E-state index contributed by atoms with van der Waals surface area (Å²) in [6, 6.07) is -4.37. The third-order valence-corrected chi connectivity index (χ3v) is 10.2. The summed E-state index contributed by atoms with van der Waals surface area (Å²) in [6.07, 6.45) is 3.78. The van der Waals surface area contributed by atoms with Crippen LogP contribution < -0.4 is 21.3 Å². The summed E-state index contributed by atoms with van der Waals surface area (Å²) < 4.78 is 0. The number of rotatable bonds is 12. The summed E-state index contributed by atoms with van der Waals surface area (Å²) >= 11 is 1.19. The van der Waals surface area contributed by atoms with E-state index in [1.807, 2.05) is 34.6 Å². The number of carbonyl (C=O) groups is 6. The van der Waals surface area contributed by atoms with E-state index < -0.39 is 59.1 Å². The number of Topliss-reactive ketones (excluding diaryl/α,β-unsaturated/α-hetero) is 2. The van der Waals surface area contributed by atoms with Crippen LogP contribution in [0.5, 0.6) is 0 Å². The van der Waals surface area contributed by atoms with Gasteiger partial charge in [-0.25, -0.2) is 9.78 Å². The van der Waals surface area contributed by atoms with Crippen molar-refractivity contribution >= 4 is 46.7 Å². The lowest BCUT2D eigenvalue weighted by Crippen LogP contribution is -2.62. The van der Waals surface area contributed by atoms with E-state index in [1.165, 1.54) is 29.5 Å². The van der Waals surface area contributed by atoms with Crippen molar-refractivity contribution in [3.63, 3.8) is 0 Å². The van der Waals surface area contributed by atoms with Gasteiger partial charge in [0.15, 0.2) is 5.01 Å². The molecule has 2 aliphatic carbocycles. The van der Waals surface area contributed by atoms with Crippen molar-refractivity contribution in [3.8, 4) is 0 Å². The van der Waals surface area contributed by atoms with Gasteiger partial charge in [-0.15, -0.1) is 11.3 Å². The van der Waals surface area contributed by atoms with E-state index in [0.29, 0.717) is 13.0 Å². The van der Waals surface area contributed by atoms with Crippen LogP contribution in [0.4, 0.5) is 4.79 Å². The molecule has 4 N–H and O–H groups in total. The fourth-order valence-corrected chi connectivity index (χ4v) is 7.03. The fourth-order valence-electron chi connectivity index (χ4n) is 6.41. The first-order valence-electron chi connectivity index (χ1n) is 15.4. The van der Waals surface area contributed by atoms with Crippen LogP contribution in [0, 0.1) is 34.5 Å². The lowest BCUT2D eigenvalue weighted by Gasteiger charge is -2.38. The number of carbonyl (C=O) groups excluding carboxylic acids is 6. The zero-order valence-corrected chi connectivity index (χ0v) is 27.7. The molecule has 1 aromatic rings. The molecule has 44 heavy (non-hydrogen) atoms. The van der Waals surface area contributed by atoms with Gasteiger partial charge in [0.2, 0.25) is 23.4 Å². The summed E-state index contributed by atoms with van der Waals surface area (Å²) in [4.78, 5) is 85.1. The minimum absolute atomic E-state index is 0.0782. The van der Waals surface area contributed by atoms with Gasteiger partial charge in [0, 0.05) is 25.2 Å². The first-order chi connectivity index (χ1) is 20.5. The number of nitrogens with zero attached hydrogens (tertiary/aromatic N) is 2. The maximum absolute atomic E-state index is 14.2. The Hall–Kier alpha value is -3.35. The van der Waals surface area contributed by atoms with Crippen molar-refractivity contribution in [2.75, 3.05) is 13.6 Å². The molecule has 12 nitrogen and oxygen atoms in total. The van der Waals surface area contributed by atoms with E-state index in [0.717, 1.165) is 12.8 Å². The van der Waals surface area contributed by atoms with Gasteiger partial charge in [-0.2, -0.15) is 0 Å². The van der Waals surface area contributed by atoms with Crippen LogP contribution in [0.25, 0.3) is 0 Å². The van der Waals surface area contributed by atoms with Crippen LogP contribution in [0.15, 0.2) is 11.6 Å². The van der Waals surface area contributed by atoms with Gasteiger partial charge in [0.25, 0.3) is 5.91 Å². The Balaban J connectivity index is 1.53. The highest BCUT2D eigenvalue weighted by atomic mass is 32.1. The maximum Gasteiger partial charge on any atom is 0.316 e. The minimum atomic E-state index is -1.02. The normalized spacial score (nSPS) is 24.0. The van der Waals surface area contributed by atoms with Crippen molar-refractivity contribution < 1.29 is 28.8 Å². The maximum atomic E-state index is 14.2. The predicted molar refractivity (Wildman–Crippen MR) is 165 cm³/mol. The van der Waals surface area contributed by atoms with Crippen LogP contribution in [0.1, 0.15) is 77.5 Å². The molecule has 242 valence electrons. The van der Waals surface area contributed by atoms with Gasteiger partial charge >= 0.3 is 6.03 Å². The standard InChI is InChI=1S/C31H46N6O6S/c1-15(2)20(23(39)27-33-11-12-44-27)35-29(43)36-24(30(3,4)5)28(42)37-14-17-19(31(17,6)7)21(37)25(40)34-18(13-16-9-10-16)22(38)26(41)32-8/h11-12,15-21,24H,9-10,13-14H2,1-8H3,(H,32,41)(H,34,40)(H2,35,36,43)/t17-,18?,19-,20-,21-,24+/m0/s1. The van der Waals surface area contributed by atoms with Crippen LogP contribution in [-0.4, -0.2) is 83.0 Å². The molecule has 1 unspecified atom stereocenters. The number of aromatic nitrogens is 1. The number of ketones is 2. The highest BCUT2D eigenvalue weighted by molar-refractivity contribution is 7.11. The molecule has 2 saturated carbocycles. The molecular formula is C31H46N6O6S. The number of likely N-dealkylation sites (N-methyl/N-ethyl adjacent to an activating group) is 1. The molecule has 1 saturated heterocycles. The fraction of sp³-hybridized carbons (Fsp3) is 0.710. The number of piperidine rings is 1. The van der Waals surface area contributed by atoms with E-state index in [1.54, 1.807) is 5.38 Å². The first-order valence-corrected chi connectivity index (χ1v) is 16.2. The molecule has 3 aliphatic rings. The lowest BCUT2D eigenvalue weighted by atomic mass is 9.85. The molecule has 5 amide bonds. The van der Waals surface area contributed by atoms with Crippen LogP contribution >= 0.6 is 11.3 Å². The van der Waals surface area contributed by atoms with Gasteiger partial charge in [-0.1, -0.05) is 61.3 Å².